The summed E-state index contributed by atoms with van der Waals surface area (Å²) >= 11 is 0. The molecule has 2 N–H and O–H groups in total. The fourth-order valence-corrected chi connectivity index (χ4v) is 1.63. The lowest BCUT2D eigenvalue weighted by atomic mass is 10.1. The first-order chi connectivity index (χ1) is 8.16. The van der Waals surface area contributed by atoms with Crippen LogP contribution in [0.4, 0.5) is 4.39 Å². The van der Waals surface area contributed by atoms with Gasteiger partial charge in [0.2, 0.25) is 0 Å². The highest BCUT2D eigenvalue weighted by atomic mass is 19.1. The van der Waals surface area contributed by atoms with Crippen LogP contribution >= 0.6 is 0 Å². The molecule has 1 aromatic heterocycles. The first-order valence-electron chi connectivity index (χ1n) is 5.64. The molecule has 0 spiro atoms. The van der Waals surface area contributed by atoms with Crippen molar-refractivity contribution in [2.24, 2.45) is 0 Å². The summed E-state index contributed by atoms with van der Waals surface area (Å²) in [6.45, 7) is 4.46. The van der Waals surface area contributed by atoms with Crippen LogP contribution in [0.1, 0.15) is 29.7 Å². The van der Waals surface area contributed by atoms with Gasteiger partial charge in [0.15, 0.2) is 0 Å². The zero-order chi connectivity index (χ0) is 12.3. The van der Waals surface area contributed by atoms with Crippen molar-refractivity contribution < 1.29 is 4.39 Å². The van der Waals surface area contributed by atoms with Crippen LogP contribution in [0, 0.1) is 12.7 Å². The van der Waals surface area contributed by atoms with Gasteiger partial charge >= 0.3 is 0 Å². The Morgan fingerprint density at radius 3 is 2.94 bits per heavy atom. The van der Waals surface area contributed by atoms with Gasteiger partial charge in [-0.2, -0.15) is 5.10 Å². The molecule has 0 fully saturated rings. The number of aromatic amines is 1. The summed E-state index contributed by atoms with van der Waals surface area (Å²) in [6.07, 6.45) is 3.64. The van der Waals surface area contributed by atoms with E-state index in [4.69, 9.17) is 0 Å². The van der Waals surface area contributed by atoms with Gasteiger partial charge in [0, 0.05) is 24.3 Å². The molecular formula is C13H16FN3. The predicted octanol–water partition coefficient (Wildman–Crippen LogP) is 2.71. The highest BCUT2D eigenvalue weighted by molar-refractivity contribution is 5.23. The van der Waals surface area contributed by atoms with E-state index in [-0.39, 0.29) is 11.9 Å². The molecule has 0 radical (unpaired) electrons. The Morgan fingerprint density at radius 1 is 1.47 bits per heavy atom. The SMILES string of the molecule is Cc1ccc(CNC(C)c2cn[nH]c2)cc1F. The molecule has 2 rings (SSSR count). The molecule has 1 unspecified atom stereocenters. The summed E-state index contributed by atoms with van der Waals surface area (Å²) in [5, 5.41) is 10.00. The molecule has 0 amide bonds. The Balaban J connectivity index is 1.96. The van der Waals surface area contributed by atoms with Gasteiger partial charge in [-0.15, -0.1) is 0 Å². The van der Waals surface area contributed by atoms with Gasteiger partial charge in [-0.3, -0.25) is 5.10 Å². The lowest BCUT2D eigenvalue weighted by molar-refractivity contribution is 0.568. The summed E-state index contributed by atoms with van der Waals surface area (Å²) in [5.74, 6) is -0.153. The maximum Gasteiger partial charge on any atom is 0.126 e. The van der Waals surface area contributed by atoms with Gasteiger partial charge in [0.25, 0.3) is 0 Å². The highest BCUT2D eigenvalue weighted by Crippen LogP contribution is 2.12. The van der Waals surface area contributed by atoms with Gasteiger partial charge in [0.05, 0.1) is 6.20 Å². The second kappa shape index (κ2) is 5.10. The summed E-state index contributed by atoms with van der Waals surface area (Å²) in [5.41, 5.74) is 2.72. The second-order valence-electron chi connectivity index (χ2n) is 4.22. The Labute approximate surface area is 100 Å². The molecule has 0 aliphatic heterocycles. The maximum atomic E-state index is 13.3. The van der Waals surface area contributed by atoms with Crippen molar-refractivity contribution in [3.8, 4) is 0 Å². The molecule has 17 heavy (non-hydrogen) atoms. The summed E-state index contributed by atoms with van der Waals surface area (Å²) in [7, 11) is 0. The highest BCUT2D eigenvalue weighted by Gasteiger charge is 2.06. The third-order valence-corrected chi connectivity index (χ3v) is 2.87. The summed E-state index contributed by atoms with van der Waals surface area (Å²) in [4.78, 5) is 0. The van der Waals surface area contributed by atoms with Crippen LogP contribution in [-0.2, 0) is 6.54 Å². The lowest BCUT2D eigenvalue weighted by Crippen LogP contribution is -2.17. The van der Waals surface area contributed by atoms with Crippen LogP contribution in [0.3, 0.4) is 0 Å². The topological polar surface area (TPSA) is 40.7 Å². The fourth-order valence-electron chi connectivity index (χ4n) is 1.63. The normalized spacial score (nSPS) is 12.6. The van der Waals surface area contributed by atoms with Crippen LogP contribution in [0.25, 0.3) is 0 Å². The van der Waals surface area contributed by atoms with E-state index in [0.717, 1.165) is 11.1 Å². The number of rotatable bonds is 4. The Hall–Kier alpha value is -1.68. The molecule has 2 aromatic rings. The molecule has 1 heterocycles. The van der Waals surface area contributed by atoms with Crippen LogP contribution < -0.4 is 5.32 Å². The van der Waals surface area contributed by atoms with E-state index in [0.29, 0.717) is 12.1 Å². The van der Waals surface area contributed by atoms with Crippen molar-refractivity contribution in [3.63, 3.8) is 0 Å². The molecule has 0 bridgehead atoms. The molecule has 0 aliphatic rings. The third-order valence-electron chi connectivity index (χ3n) is 2.87. The summed E-state index contributed by atoms with van der Waals surface area (Å²) < 4.78 is 13.3. The molecule has 4 heteroatoms. The minimum absolute atomic E-state index is 0.153. The first kappa shape index (κ1) is 11.8. The van der Waals surface area contributed by atoms with E-state index in [1.54, 1.807) is 25.3 Å². The number of halogens is 1. The second-order valence-corrected chi connectivity index (χ2v) is 4.22. The van der Waals surface area contributed by atoms with Gasteiger partial charge < -0.3 is 5.32 Å². The number of aryl methyl sites for hydroxylation is 1. The quantitative estimate of drug-likeness (QED) is 0.852. The van der Waals surface area contributed by atoms with E-state index < -0.39 is 0 Å². The zero-order valence-electron chi connectivity index (χ0n) is 10.00. The van der Waals surface area contributed by atoms with E-state index in [9.17, 15) is 4.39 Å². The van der Waals surface area contributed by atoms with Gasteiger partial charge in [0.1, 0.15) is 5.82 Å². The van der Waals surface area contributed by atoms with Crippen molar-refractivity contribution in [2.45, 2.75) is 26.4 Å². The standard InChI is InChI=1S/C13H16FN3/c1-9-3-4-11(5-13(9)14)6-15-10(2)12-7-16-17-8-12/h3-5,7-8,10,15H,6H2,1-2H3,(H,16,17). The smallest absolute Gasteiger partial charge is 0.126 e. The number of aromatic nitrogens is 2. The predicted molar refractivity (Wildman–Crippen MR) is 65.0 cm³/mol. The fraction of sp³-hybridized carbons (Fsp3) is 0.308. The number of H-pyrrole nitrogens is 1. The monoisotopic (exact) mass is 233 g/mol. The van der Waals surface area contributed by atoms with Gasteiger partial charge in [-0.05, 0) is 31.0 Å². The molecule has 1 atom stereocenters. The molecule has 1 aromatic carbocycles. The van der Waals surface area contributed by atoms with Crippen molar-refractivity contribution in [1.82, 2.24) is 15.5 Å². The molecule has 0 saturated heterocycles. The van der Waals surface area contributed by atoms with E-state index in [1.165, 1.54) is 0 Å². The number of nitrogens with one attached hydrogen (secondary N) is 2. The van der Waals surface area contributed by atoms with E-state index in [1.807, 2.05) is 12.3 Å². The third kappa shape index (κ3) is 2.91. The minimum Gasteiger partial charge on any atom is -0.306 e. The van der Waals surface area contributed by atoms with Crippen LogP contribution in [0.2, 0.25) is 0 Å². The van der Waals surface area contributed by atoms with E-state index in [2.05, 4.69) is 22.4 Å². The molecule has 3 nitrogen and oxygen atoms in total. The zero-order valence-corrected chi connectivity index (χ0v) is 10.00. The number of hydrogen-bond acceptors (Lipinski definition) is 2. The Morgan fingerprint density at radius 2 is 2.29 bits per heavy atom. The minimum atomic E-state index is -0.153. The van der Waals surface area contributed by atoms with Crippen molar-refractivity contribution in [2.75, 3.05) is 0 Å². The first-order valence-corrected chi connectivity index (χ1v) is 5.64. The lowest BCUT2D eigenvalue weighted by Gasteiger charge is -2.12. The molecule has 90 valence electrons. The van der Waals surface area contributed by atoms with Crippen LogP contribution in [0.5, 0.6) is 0 Å². The molecular weight excluding hydrogens is 217 g/mol. The average Bonchev–Trinajstić information content (AvgIpc) is 2.84. The van der Waals surface area contributed by atoms with Gasteiger partial charge in [-0.1, -0.05) is 12.1 Å². The number of nitrogens with zero attached hydrogens (tertiary/aromatic N) is 1. The van der Waals surface area contributed by atoms with Crippen molar-refractivity contribution in [3.05, 3.63) is 53.1 Å². The van der Waals surface area contributed by atoms with Crippen LogP contribution in [-0.4, -0.2) is 10.2 Å². The van der Waals surface area contributed by atoms with E-state index >= 15 is 0 Å². The number of benzene rings is 1. The Kier molecular flexibility index (Phi) is 3.54. The van der Waals surface area contributed by atoms with Gasteiger partial charge in [-0.25, -0.2) is 4.39 Å². The molecule has 0 aliphatic carbocycles. The Bertz CT molecular complexity index is 479. The average molecular weight is 233 g/mol. The summed E-state index contributed by atoms with van der Waals surface area (Å²) in [6, 6.07) is 5.50. The number of hydrogen-bond donors (Lipinski definition) is 2. The van der Waals surface area contributed by atoms with Crippen LogP contribution in [0.15, 0.2) is 30.6 Å². The maximum absolute atomic E-state index is 13.3. The largest absolute Gasteiger partial charge is 0.306 e. The van der Waals surface area contributed by atoms with Crippen molar-refractivity contribution in [1.29, 1.82) is 0 Å². The molecule has 0 saturated carbocycles. The van der Waals surface area contributed by atoms with Crippen molar-refractivity contribution >= 4 is 0 Å².